The second-order valence-electron chi connectivity index (χ2n) is 3.76. The van der Waals surface area contributed by atoms with Crippen molar-refractivity contribution < 1.29 is 14.8 Å². The number of nitrogens with zero attached hydrogens (tertiary/aromatic N) is 2. The molecule has 1 saturated heterocycles. The molecule has 0 aromatic heterocycles. The summed E-state index contributed by atoms with van der Waals surface area (Å²) in [5.41, 5.74) is 0.332. The summed E-state index contributed by atoms with van der Waals surface area (Å²) >= 11 is 3.24. The number of carbonyl (C=O) groups is 1. The van der Waals surface area contributed by atoms with Gasteiger partial charge >= 0.3 is 0 Å². The predicted molar refractivity (Wildman–Crippen MR) is 63.8 cm³/mol. The second-order valence-corrected chi connectivity index (χ2v) is 4.61. The highest BCUT2D eigenvalue weighted by atomic mass is 79.9. The Morgan fingerprint density at radius 1 is 1.53 bits per heavy atom. The van der Waals surface area contributed by atoms with Gasteiger partial charge in [-0.05, 0) is 22.0 Å². The van der Waals surface area contributed by atoms with Crippen LogP contribution >= 0.6 is 15.9 Å². The molecule has 2 rings (SSSR count). The Morgan fingerprint density at radius 3 is 2.76 bits per heavy atom. The van der Waals surface area contributed by atoms with Crippen LogP contribution in [-0.2, 0) is 4.79 Å². The summed E-state index contributed by atoms with van der Waals surface area (Å²) in [4.78, 5) is 23.1. The number of hydrogen-bond acceptors (Lipinski definition) is 4. The van der Waals surface area contributed by atoms with Gasteiger partial charge in [-0.3, -0.25) is 14.9 Å². The van der Waals surface area contributed by atoms with E-state index < -0.39 is 11.0 Å². The number of aliphatic hydroxyl groups is 1. The van der Waals surface area contributed by atoms with Crippen LogP contribution < -0.4 is 4.90 Å². The summed E-state index contributed by atoms with van der Waals surface area (Å²) in [6.07, 6.45) is -0.663. The summed E-state index contributed by atoms with van der Waals surface area (Å²) < 4.78 is 0.588. The Labute approximate surface area is 105 Å². The maximum atomic E-state index is 11.6. The smallest absolute Gasteiger partial charge is 0.271 e. The molecule has 0 spiro atoms. The molecule has 1 amide bonds. The molecular weight excluding hydrogens is 292 g/mol. The van der Waals surface area contributed by atoms with Gasteiger partial charge in [0.15, 0.2) is 0 Å². The zero-order valence-corrected chi connectivity index (χ0v) is 10.3. The Hall–Kier alpha value is -1.47. The van der Waals surface area contributed by atoms with Gasteiger partial charge in [-0.25, -0.2) is 0 Å². The molecule has 1 aliphatic rings. The van der Waals surface area contributed by atoms with Crippen LogP contribution in [0.5, 0.6) is 0 Å². The third-order valence-electron chi connectivity index (χ3n) is 2.54. The summed E-state index contributed by atoms with van der Waals surface area (Å²) in [6.45, 7) is 0.165. The van der Waals surface area contributed by atoms with Crippen LogP contribution in [0, 0.1) is 10.1 Å². The van der Waals surface area contributed by atoms with Crippen LogP contribution in [0.15, 0.2) is 22.7 Å². The molecule has 1 N–H and O–H groups in total. The molecule has 1 heterocycles. The lowest BCUT2D eigenvalue weighted by Gasteiger charge is -2.17. The summed E-state index contributed by atoms with van der Waals surface area (Å²) in [5.74, 6) is -0.237. The Kier molecular flexibility index (Phi) is 3.12. The number of nitro benzene ring substituents is 1. The Bertz CT molecular complexity index is 491. The minimum atomic E-state index is -0.714. The maximum absolute atomic E-state index is 11.6. The number of anilines is 1. The molecule has 90 valence electrons. The van der Waals surface area contributed by atoms with Gasteiger partial charge in [0.1, 0.15) is 0 Å². The average molecular weight is 301 g/mol. The van der Waals surface area contributed by atoms with Crippen LogP contribution in [0.4, 0.5) is 11.4 Å². The summed E-state index contributed by atoms with van der Waals surface area (Å²) in [5, 5.41) is 20.1. The molecule has 7 heteroatoms. The number of amides is 1. The molecular formula is C10H9BrN2O4. The minimum Gasteiger partial charge on any atom is -0.391 e. The monoisotopic (exact) mass is 300 g/mol. The number of benzene rings is 1. The molecule has 1 aromatic carbocycles. The Balaban J connectivity index is 2.41. The first-order chi connectivity index (χ1) is 7.99. The van der Waals surface area contributed by atoms with E-state index >= 15 is 0 Å². The molecule has 0 radical (unpaired) electrons. The molecule has 1 aromatic rings. The molecule has 0 saturated carbocycles. The molecule has 0 aliphatic carbocycles. The van der Waals surface area contributed by atoms with E-state index in [0.29, 0.717) is 10.2 Å². The van der Waals surface area contributed by atoms with E-state index in [0.717, 1.165) is 0 Å². The van der Waals surface area contributed by atoms with Gasteiger partial charge in [-0.2, -0.15) is 0 Å². The van der Waals surface area contributed by atoms with E-state index in [-0.39, 0.29) is 24.6 Å². The van der Waals surface area contributed by atoms with Crippen LogP contribution in [0.3, 0.4) is 0 Å². The molecule has 17 heavy (non-hydrogen) atoms. The number of hydrogen-bond donors (Lipinski definition) is 1. The summed E-state index contributed by atoms with van der Waals surface area (Å²) in [6, 6.07) is 4.19. The van der Waals surface area contributed by atoms with Crippen molar-refractivity contribution in [2.75, 3.05) is 11.4 Å². The standard InChI is InChI=1S/C10H9BrN2O4/c11-8-2-1-6(13(16)17)3-9(8)12-5-7(14)4-10(12)15/h1-3,7,14H,4-5H2. The highest BCUT2D eigenvalue weighted by Crippen LogP contribution is 2.32. The number of aliphatic hydroxyl groups excluding tert-OH is 1. The van der Waals surface area contributed by atoms with E-state index in [1.807, 2.05) is 0 Å². The normalized spacial score (nSPS) is 19.8. The van der Waals surface area contributed by atoms with Gasteiger partial charge in [-0.1, -0.05) is 0 Å². The van der Waals surface area contributed by atoms with Crippen molar-refractivity contribution >= 4 is 33.2 Å². The van der Waals surface area contributed by atoms with Gasteiger partial charge in [-0.15, -0.1) is 0 Å². The van der Waals surface area contributed by atoms with Crippen molar-refractivity contribution in [1.29, 1.82) is 0 Å². The number of rotatable bonds is 2. The quantitative estimate of drug-likeness (QED) is 0.662. The van der Waals surface area contributed by atoms with Gasteiger partial charge < -0.3 is 10.0 Å². The SMILES string of the molecule is O=C1CC(O)CN1c1cc([N+](=O)[O-])ccc1Br. The number of β-amino-alcohol motifs (C(OH)–C–C–N with tert-alkyl or cyclic N) is 1. The van der Waals surface area contributed by atoms with Crippen LogP contribution in [0.25, 0.3) is 0 Å². The minimum absolute atomic E-state index is 0.0507. The largest absolute Gasteiger partial charge is 0.391 e. The van der Waals surface area contributed by atoms with Crippen LogP contribution in [-0.4, -0.2) is 28.6 Å². The van der Waals surface area contributed by atoms with Gasteiger partial charge in [0, 0.05) is 16.6 Å². The van der Waals surface area contributed by atoms with Crippen molar-refractivity contribution in [3.8, 4) is 0 Å². The lowest BCUT2D eigenvalue weighted by atomic mass is 10.2. The van der Waals surface area contributed by atoms with Crippen molar-refractivity contribution in [3.05, 3.63) is 32.8 Å². The topological polar surface area (TPSA) is 83.7 Å². The highest BCUT2D eigenvalue weighted by molar-refractivity contribution is 9.10. The number of halogens is 1. The van der Waals surface area contributed by atoms with Crippen LogP contribution in [0.2, 0.25) is 0 Å². The zero-order valence-electron chi connectivity index (χ0n) is 8.67. The maximum Gasteiger partial charge on any atom is 0.271 e. The third kappa shape index (κ3) is 2.29. The molecule has 1 unspecified atom stereocenters. The second kappa shape index (κ2) is 4.42. The number of non-ortho nitro benzene ring substituents is 1. The molecule has 1 aliphatic heterocycles. The van der Waals surface area contributed by atoms with E-state index in [4.69, 9.17) is 0 Å². The van der Waals surface area contributed by atoms with E-state index in [2.05, 4.69) is 15.9 Å². The predicted octanol–water partition coefficient (Wildman–Crippen LogP) is 1.45. The molecule has 6 nitrogen and oxygen atoms in total. The fourth-order valence-electron chi connectivity index (χ4n) is 1.74. The summed E-state index contributed by atoms with van der Waals surface area (Å²) in [7, 11) is 0. The van der Waals surface area contributed by atoms with Crippen molar-refractivity contribution in [3.63, 3.8) is 0 Å². The molecule has 1 atom stereocenters. The third-order valence-corrected chi connectivity index (χ3v) is 3.21. The lowest BCUT2D eigenvalue weighted by Crippen LogP contribution is -2.25. The van der Waals surface area contributed by atoms with Crippen molar-refractivity contribution in [2.45, 2.75) is 12.5 Å². The van der Waals surface area contributed by atoms with Crippen LogP contribution in [0.1, 0.15) is 6.42 Å². The average Bonchev–Trinajstić information content (AvgIpc) is 2.58. The van der Waals surface area contributed by atoms with Gasteiger partial charge in [0.05, 0.1) is 29.7 Å². The number of nitro groups is 1. The fraction of sp³-hybridized carbons (Fsp3) is 0.300. The van der Waals surface area contributed by atoms with Gasteiger partial charge in [0.25, 0.3) is 5.69 Å². The first kappa shape index (κ1) is 12.0. The zero-order chi connectivity index (χ0) is 12.6. The Morgan fingerprint density at radius 2 is 2.24 bits per heavy atom. The van der Waals surface area contributed by atoms with E-state index in [1.54, 1.807) is 0 Å². The van der Waals surface area contributed by atoms with E-state index in [1.165, 1.54) is 23.1 Å². The fourth-order valence-corrected chi connectivity index (χ4v) is 2.20. The van der Waals surface area contributed by atoms with Gasteiger partial charge in [0.2, 0.25) is 5.91 Å². The van der Waals surface area contributed by atoms with Crippen molar-refractivity contribution in [1.82, 2.24) is 0 Å². The highest BCUT2D eigenvalue weighted by Gasteiger charge is 2.31. The first-order valence-corrected chi connectivity index (χ1v) is 5.70. The van der Waals surface area contributed by atoms with E-state index in [9.17, 15) is 20.0 Å². The molecule has 1 fully saturated rings. The van der Waals surface area contributed by atoms with Crippen molar-refractivity contribution in [2.24, 2.45) is 0 Å². The first-order valence-electron chi connectivity index (χ1n) is 4.91. The number of carbonyl (C=O) groups excluding carboxylic acids is 1. The molecule has 0 bridgehead atoms. The lowest BCUT2D eigenvalue weighted by molar-refractivity contribution is -0.384.